The summed E-state index contributed by atoms with van der Waals surface area (Å²) in [6.07, 6.45) is 0. The topological polar surface area (TPSA) is 63.4 Å². The van der Waals surface area contributed by atoms with Gasteiger partial charge >= 0.3 is 0 Å². The molecular formula is C14H15BrN2O2S. The van der Waals surface area contributed by atoms with Gasteiger partial charge in [0.15, 0.2) is 0 Å². The third-order valence-electron chi connectivity index (χ3n) is 2.88. The number of nitrogen functional groups attached to an aromatic ring is 1. The number of hydrogen-bond donors (Lipinski definition) is 1. The van der Waals surface area contributed by atoms with Crippen molar-refractivity contribution in [1.82, 2.24) is 4.31 Å². The Kier molecular flexibility index (Phi) is 4.47. The second-order valence-electron chi connectivity index (χ2n) is 4.46. The van der Waals surface area contributed by atoms with Crippen molar-refractivity contribution in [3.63, 3.8) is 0 Å². The SMILES string of the molecule is CN(Cc1cccc(N)c1)S(=O)(=O)c1ccc(Br)cc1. The van der Waals surface area contributed by atoms with Crippen LogP contribution in [-0.4, -0.2) is 19.8 Å². The van der Waals surface area contributed by atoms with Crippen LogP contribution >= 0.6 is 15.9 Å². The van der Waals surface area contributed by atoms with Gasteiger partial charge in [-0.05, 0) is 42.0 Å². The molecule has 0 saturated heterocycles. The fourth-order valence-corrected chi connectivity index (χ4v) is 3.24. The third-order valence-corrected chi connectivity index (χ3v) is 5.22. The maximum absolute atomic E-state index is 12.4. The molecular weight excluding hydrogens is 340 g/mol. The van der Waals surface area contributed by atoms with Gasteiger partial charge in [0, 0.05) is 23.8 Å². The molecule has 0 fully saturated rings. The predicted octanol–water partition coefficient (Wildman–Crippen LogP) is 2.85. The van der Waals surface area contributed by atoms with Gasteiger partial charge < -0.3 is 5.73 Å². The van der Waals surface area contributed by atoms with Crippen LogP contribution in [0.15, 0.2) is 57.9 Å². The first-order chi connectivity index (χ1) is 9.39. The first-order valence-electron chi connectivity index (χ1n) is 5.96. The highest BCUT2D eigenvalue weighted by Gasteiger charge is 2.20. The van der Waals surface area contributed by atoms with Gasteiger partial charge in [-0.25, -0.2) is 8.42 Å². The van der Waals surface area contributed by atoms with Gasteiger partial charge in [0.1, 0.15) is 0 Å². The summed E-state index contributed by atoms with van der Waals surface area (Å²) in [6, 6.07) is 13.8. The van der Waals surface area contributed by atoms with Crippen molar-refractivity contribution in [2.24, 2.45) is 0 Å². The highest BCUT2D eigenvalue weighted by molar-refractivity contribution is 9.10. The number of anilines is 1. The number of nitrogens with zero attached hydrogens (tertiary/aromatic N) is 1. The van der Waals surface area contributed by atoms with Crippen LogP contribution in [0.25, 0.3) is 0 Å². The van der Waals surface area contributed by atoms with Crippen LogP contribution in [0.5, 0.6) is 0 Å². The quantitative estimate of drug-likeness (QED) is 0.858. The zero-order valence-electron chi connectivity index (χ0n) is 11.0. The molecule has 0 unspecified atom stereocenters. The first-order valence-corrected chi connectivity index (χ1v) is 8.19. The lowest BCUT2D eigenvalue weighted by molar-refractivity contribution is 0.467. The van der Waals surface area contributed by atoms with E-state index < -0.39 is 10.0 Å². The van der Waals surface area contributed by atoms with Crippen LogP contribution in [-0.2, 0) is 16.6 Å². The van der Waals surface area contributed by atoms with Crippen LogP contribution < -0.4 is 5.73 Å². The molecule has 2 rings (SSSR count). The fraction of sp³-hybridized carbons (Fsp3) is 0.143. The summed E-state index contributed by atoms with van der Waals surface area (Å²) in [5.41, 5.74) is 7.17. The van der Waals surface area contributed by atoms with Crippen molar-refractivity contribution >= 4 is 31.6 Å². The highest BCUT2D eigenvalue weighted by atomic mass is 79.9. The largest absolute Gasteiger partial charge is 0.399 e. The molecule has 0 radical (unpaired) electrons. The fourth-order valence-electron chi connectivity index (χ4n) is 1.82. The van der Waals surface area contributed by atoms with Gasteiger partial charge in [0.25, 0.3) is 0 Å². The summed E-state index contributed by atoms with van der Waals surface area (Å²) in [7, 11) is -1.94. The van der Waals surface area contributed by atoms with E-state index in [1.54, 1.807) is 43.4 Å². The molecule has 2 N–H and O–H groups in total. The van der Waals surface area contributed by atoms with E-state index >= 15 is 0 Å². The summed E-state index contributed by atoms with van der Waals surface area (Å²) in [5.74, 6) is 0. The van der Waals surface area contributed by atoms with E-state index in [2.05, 4.69) is 15.9 Å². The van der Waals surface area contributed by atoms with Gasteiger partial charge in [-0.2, -0.15) is 4.31 Å². The molecule has 0 aliphatic rings. The van der Waals surface area contributed by atoms with Gasteiger partial charge in [-0.15, -0.1) is 0 Å². The van der Waals surface area contributed by atoms with Gasteiger partial charge in [0.2, 0.25) is 10.0 Å². The number of rotatable bonds is 4. The van der Waals surface area contributed by atoms with Gasteiger partial charge in [-0.1, -0.05) is 28.1 Å². The molecule has 0 spiro atoms. The van der Waals surface area contributed by atoms with Gasteiger partial charge in [-0.3, -0.25) is 0 Å². The zero-order chi connectivity index (χ0) is 14.8. The Morgan fingerprint density at radius 3 is 2.40 bits per heavy atom. The van der Waals surface area contributed by atoms with Crippen LogP contribution in [0.3, 0.4) is 0 Å². The van der Waals surface area contributed by atoms with Crippen molar-refractivity contribution in [3.05, 3.63) is 58.6 Å². The average Bonchev–Trinajstić information content (AvgIpc) is 2.39. The minimum absolute atomic E-state index is 0.270. The number of halogens is 1. The lowest BCUT2D eigenvalue weighted by Gasteiger charge is -2.17. The average molecular weight is 355 g/mol. The molecule has 0 aliphatic carbocycles. The molecule has 2 aromatic carbocycles. The van der Waals surface area contributed by atoms with Crippen LogP contribution in [0, 0.1) is 0 Å². The first kappa shape index (κ1) is 15.0. The van der Waals surface area contributed by atoms with Crippen LogP contribution in [0.1, 0.15) is 5.56 Å². The molecule has 0 aliphatic heterocycles. The Morgan fingerprint density at radius 2 is 1.80 bits per heavy atom. The lowest BCUT2D eigenvalue weighted by Crippen LogP contribution is -2.26. The number of nitrogens with two attached hydrogens (primary N) is 1. The Balaban J connectivity index is 2.23. The van der Waals surface area contributed by atoms with E-state index in [4.69, 9.17) is 5.73 Å². The van der Waals surface area contributed by atoms with Gasteiger partial charge in [0.05, 0.1) is 4.90 Å². The highest BCUT2D eigenvalue weighted by Crippen LogP contribution is 2.19. The Morgan fingerprint density at radius 1 is 1.15 bits per heavy atom. The molecule has 0 bridgehead atoms. The summed E-state index contributed by atoms with van der Waals surface area (Å²) >= 11 is 3.29. The second kappa shape index (κ2) is 5.95. The summed E-state index contributed by atoms with van der Waals surface area (Å²) in [6.45, 7) is 0.281. The molecule has 20 heavy (non-hydrogen) atoms. The monoisotopic (exact) mass is 354 g/mol. The van der Waals surface area contributed by atoms with E-state index in [1.807, 2.05) is 12.1 Å². The van der Waals surface area contributed by atoms with E-state index in [-0.39, 0.29) is 11.4 Å². The Bertz CT molecular complexity index is 699. The van der Waals surface area contributed by atoms with Crippen molar-refractivity contribution < 1.29 is 8.42 Å². The third kappa shape index (κ3) is 3.39. The predicted molar refractivity (Wildman–Crippen MR) is 83.6 cm³/mol. The summed E-state index contributed by atoms with van der Waals surface area (Å²) in [4.78, 5) is 0.270. The lowest BCUT2D eigenvalue weighted by atomic mass is 10.2. The van der Waals surface area contributed by atoms with Crippen LogP contribution in [0.4, 0.5) is 5.69 Å². The molecule has 6 heteroatoms. The molecule has 0 amide bonds. The van der Waals surface area contributed by atoms with E-state index in [0.717, 1.165) is 10.0 Å². The molecule has 0 aromatic heterocycles. The Hall–Kier alpha value is -1.37. The molecule has 4 nitrogen and oxygen atoms in total. The molecule has 0 heterocycles. The summed E-state index contributed by atoms with van der Waals surface area (Å²) < 4.78 is 27.0. The molecule has 0 saturated carbocycles. The number of sulfonamides is 1. The Labute approximate surface area is 127 Å². The van der Waals surface area contributed by atoms with Crippen molar-refractivity contribution in [2.75, 3.05) is 12.8 Å². The van der Waals surface area contributed by atoms with Crippen molar-refractivity contribution in [1.29, 1.82) is 0 Å². The number of benzene rings is 2. The summed E-state index contributed by atoms with van der Waals surface area (Å²) in [5, 5.41) is 0. The van der Waals surface area contributed by atoms with Crippen molar-refractivity contribution in [2.45, 2.75) is 11.4 Å². The minimum atomic E-state index is -3.50. The van der Waals surface area contributed by atoms with Crippen molar-refractivity contribution in [3.8, 4) is 0 Å². The van der Waals surface area contributed by atoms with E-state index in [0.29, 0.717) is 5.69 Å². The molecule has 2 aromatic rings. The maximum Gasteiger partial charge on any atom is 0.243 e. The zero-order valence-corrected chi connectivity index (χ0v) is 13.4. The smallest absolute Gasteiger partial charge is 0.243 e. The second-order valence-corrected chi connectivity index (χ2v) is 7.42. The maximum atomic E-state index is 12.4. The molecule has 0 atom stereocenters. The number of hydrogen-bond acceptors (Lipinski definition) is 3. The van der Waals surface area contributed by atoms with E-state index in [9.17, 15) is 8.42 Å². The van der Waals surface area contributed by atoms with Crippen LogP contribution in [0.2, 0.25) is 0 Å². The standard InChI is InChI=1S/C14H15BrN2O2S/c1-17(10-11-3-2-4-13(16)9-11)20(18,19)14-7-5-12(15)6-8-14/h2-9H,10,16H2,1H3. The normalized spacial score (nSPS) is 11.8. The van der Waals surface area contributed by atoms with E-state index in [1.165, 1.54) is 4.31 Å². The minimum Gasteiger partial charge on any atom is -0.399 e. The molecule has 106 valence electrons.